The molecule has 0 aliphatic rings. The third-order valence-electron chi connectivity index (χ3n) is 2.27. The summed E-state index contributed by atoms with van der Waals surface area (Å²) in [4.78, 5) is 11.1. The summed E-state index contributed by atoms with van der Waals surface area (Å²) in [5.74, 6) is 0.512. The lowest BCUT2D eigenvalue weighted by Crippen LogP contribution is -2.08. The first-order chi connectivity index (χ1) is 8.70. The molecule has 0 fully saturated rings. The van der Waals surface area contributed by atoms with E-state index in [0.29, 0.717) is 18.2 Å². The molecule has 0 saturated carbocycles. The van der Waals surface area contributed by atoms with Crippen molar-refractivity contribution >= 4 is 17.6 Å². The summed E-state index contributed by atoms with van der Waals surface area (Å²) < 4.78 is 4.52. The van der Waals surface area contributed by atoms with Crippen molar-refractivity contribution in [2.24, 2.45) is 0 Å². The first-order valence-electron chi connectivity index (χ1n) is 5.14. The molecule has 2 heterocycles. The van der Waals surface area contributed by atoms with E-state index in [1.807, 2.05) is 0 Å². The molecule has 0 aliphatic carbocycles. The number of hydrogen-bond donors (Lipinski definition) is 3. The number of hydrogen-bond acceptors (Lipinski definition) is 7. The average molecular weight is 248 g/mol. The second kappa shape index (κ2) is 5.13. The number of methoxy groups -OCH3 is 1. The summed E-state index contributed by atoms with van der Waals surface area (Å²) in [5.41, 5.74) is 6.62. The van der Waals surface area contributed by atoms with Gasteiger partial charge in [0.05, 0.1) is 13.3 Å². The molecule has 0 amide bonds. The summed E-state index contributed by atoms with van der Waals surface area (Å²) >= 11 is 0. The number of H-pyrrole nitrogens is 1. The molecule has 0 unspecified atom stereocenters. The zero-order valence-electron chi connectivity index (χ0n) is 9.67. The highest BCUT2D eigenvalue weighted by atomic mass is 16.5. The van der Waals surface area contributed by atoms with Gasteiger partial charge in [-0.1, -0.05) is 0 Å². The minimum Gasteiger partial charge on any atom is -0.464 e. The summed E-state index contributed by atoms with van der Waals surface area (Å²) in [5, 5.41) is 17.0. The van der Waals surface area contributed by atoms with Crippen LogP contribution in [0.5, 0.6) is 0 Å². The van der Waals surface area contributed by atoms with Gasteiger partial charge in [-0.05, 0) is 12.1 Å². The Balaban J connectivity index is 1.98. The highest BCUT2D eigenvalue weighted by Gasteiger charge is 2.07. The second-order valence-electron chi connectivity index (χ2n) is 3.46. The maximum absolute atomic E-state index is 11.1. The molecule has 4 N–H and O–H groups in total. The van der Waals surface area contributed by atoms with Crippen molar-refractivity contribution in [2.75, 3.05) is 18.2 Å². The van der Waals surface area contributed by atoms with Gasteiger partial charge in [0.15, 0.2) is 5.69 Å². The minimum atomic E-state index is -0.520. The molecule has 2 aromatic heterocycles. The van der Waals surface area contributed by atoms with E-state index in [0.717, 1.165) is 5.56 Å². The number of carbonyl (C=O) groups excluding carboxylic acids is 1. The van der Waals surface area contributed by atoms with Crippen LogP contribution in [0, 0.1) is 0 Å². The van der Waals surface area contributed by atoms with Crippen LogP contribution >= 0.6 is 0 Å². The molecule has 0 aliphatic heterocycles. The molecule has 0 saturated heterocycles. The van der Waals surface area contributed by atoms with Gasteiger partial charge in [-0.3, -0.25) is 5.10 Å². The molecule has 94 valence electrons. The number of ether oxygens (including phenoxy) is 1. The van der Waals surface area contributed by atoms with E-state index in [-0.39, 0.29) is 5.69 Å². The normalized spacial score (nSPS) is 10.1. The number of esters is 1. The van der Waals surface area contributed by atoms with Gasteiger partial charge in [-0.2, -0.15) is 5.10 Å². The fraction of sp³-hybridized carbons (Fsp3) is 0.200. The number of nitrogens with two attached hydrogens (primary N) is 1. The van der Waals surface area contributed by atoms with Crippen molar-refractivity contribution in [3.63, 3.8) is 0 Å². The SMILES string of the molecule is COC(=O)c1ccc(NCc2cn[nH]c2N)nn1. The Morgan fingerprint density at radius 2 is 2.33 bits per heavy atom. The Labute approximate surface area is 103 Å². The van der Waals surface area contributed by atoms with Crippen molar-refractivity contribution in [3.8, 4) is 0 Å². The van der Waals surface area contributed by atoms with Gasteiger partial charge in [-0.25, -0.2) is 4.79 Å². The van der Waals surface area contributed by atoms with Crippen LogP contribution in [0.4, 0.5) is 11.6 Å². The number of carbonyl (C=O) groups is 1. The van der Waals surface area contributed by atoms with Crippen LogP contribution in [0.25, 0.3) is 0 Å². The Kier molecular flexibility index (Phi) is 3.37. The summed E-state index contributed by atoms with van der Waals surface area (Å²) in [6.45, 7) is 0.467. The van der Waals surface area contributed by atoms with Gasteiger partial charge in [0.1, 0.15) is 11.6 Å². The predicted octanol–water partition coefficient (Wildman–Crippen LogP) is 0.181. The molecule has 0 atom stereocenters. The van der Waals surface area contributed by atoms with Crippen LogP contribution in [0.1, 0.15) is 16.1 Å². The lowest BCUT2D eigenvalue weighted by molar-refractivity contribution is 0.0593. The van der Waals surface area contributed by atoms with Crippen LogP contribution in [0.15, 0.2) is 18.3 Å². The van der Waals surface area contributed by atoms with Crippen molar-refractivity contribution in [3.05, 3.63) is 29.6 Å². The molecule has 0 spiro atoms. The molecule has 0 bridgehead atoms. The molecule has 8 heteroatoms. The number of nitrogens with zero attached hydrogens (tertiary/aromatic N) is 3. The molecule has 2 rings (SSSR count). The summed E-state index contributed by atoms with van der Waals surface area (Å²) in [7, 11) is 1.29. The van der Waals surface area contributed by atoms with E-state index >= 15 is 0 Å². The zero-order chi connectivity index (χ0) is 13.0. The first kappa shape index (κ1) is 11.8. The molecular weight excluding hydrogens is 236 g/mol. The Hall–Kier alpha value is -2.64. The van der Waals surface area contributed by atoms with E-state index in [1.54, 1.807) is 12.3 Å². The minimum absolute atomic E-state index is 0.158. The Morgan fingerprint density at radius 3 is 2.89 bits per heavy atom. The lowest BCUT2D eigenvalue weighted by atomic mass is 10.3. The van der Waals surface area contributed by atoms with E-state index in [2.05, 4.69) is 30.4 Å². The van der Waals surface area contributed by atoms with E-state index in [9.17, 15) is 4.79 Å². The third kappa shape index (κ3) is 2.54. The largest absolute Gasteiger partial charge is 0.464 e. The fourth-order valence-electron chi connectivity index (χ4n) is 1.29. The third-order valence-corrected chi connectivity index (χ3v) is 2.27. The van der Waals surface area contributed by atoms with Gasteiger partial charge in [0, 0.05) is 12.1 Å². The van der Waals surface area contributed by atoms with Gasteiger partial charge in [-0.15, -0.1) is 10.2 Å². The zero-order valence-corrected chi connectivity index (χ0v) is 9.67. The van der Waals surface area contributed by atoms with Crippen LogP contribution in [-0.4, -0.2) is 33.5 Å². The Morgan fingerprint density at radius 1 is 1.50 bits per heavy atom. The summed E-state index contributed by atoms with van der Waals surface area (Å²) in [6, 6.07) is 3.16. The van der Waals surface area contributed by atoms with Crippen molar-refractivity contribution in [1.29, 1.82) is 0 Å². The monoisotopic (exact) mass is 248 g/mol. The van der Waals surface area contributed by atoms with Crippen LogP contribution in [0.2, 0.25) is 0 Å². The van der Waals surface area contributed by atoms with Gasteiger partial charge in [0.2, 0.25) is 0 Å². The predicted molar refractivity (Wildman–Crippen MR) is 63.7 cm³/mol. The first-order valence-corrected chi connectivity index (χ1v) is 5.14. The molecular formula is C10H12N6O2. The topological polar surface area (TPSA) is 119 Å². The maximum Gasteiger partial charge on any atom is 0.358 e. The molecule has 0 aromatic carbocycles. The smallest absolute Gasteiger partial charge is 0.358 e. The van der Waals surface area contributed by atoms with Crippen LogP contribution in [-0.2, 0) is 11.3 Å². The van der Waals surface area contributed by atoms with E-state index in [4.69, 9.17) is 5.73 Å². The van der Waals surface area contributed by atoms with Crippen molar-refractivity contribution < 1.29 is 9.53 Å². The fourth-order valence-corrected chi connectivity index (χ4v) is 1.29. The quantitative estimate of drug-likeness (QED) is 0.660. The second-order valence-corrected chi connectivity index (χ2v) is 3.46. The highest BCUT2D eigenvalue weighted by Crippen LogP contribution is 2.09. The maximum atomic E-state index is 11.1. The van der Waals surface area contributed by atoms with Crippen molar-refractivity contribution in [2.45, 2.75) is 6.54 Å². The van der Waals surface area contributed by atoms with Crippen molar-refractivity contribution in [1.82, 2.24) is 20.4 Å². The van der Waals surface area contributed by atoms with Crippen LogP contribution in [0.3, 0.4) is 0 Å². The number of rotatable bonds is 4. The van der Waals surface area contributed by atoms with E-state index in [1.165, 1.54) is 13.2 Å². The van der Waals surface area contributed by atoms with Gasteiger partial charge in [0.25, 0.3) is 0 Å². The lowest BCUT2D eigenvalue weighted by Gasteiger charge is -2.04. The molecule has 2 aromatic rings. The van der Waals surface area contributed by atoms with Gasteiger partial charge >= 0.3 is 5.97 Å². The number of nitrogen functional groups attached to an aromatic ring is 1. The number of anilines is 2. The average Bonchev–Trinajstić information content (AvgIpc) is 2.81. The highest BCUT2D eigenvalue weighted by molar-refractivity contribution is 5.86. The standard InChI is InChI=1S/C10H12N6O2/c1-18-10(17)7-2-3-8(15-14-7)12-4-6-5-13-16-9(6)11/h2-3,5H,4H2,1H3,(H,12,15)(H3,11,13,16). The van der Waals surface area contributed by atoms with Crippen LogP contribution < -0.4 is 11.1 Å². The molecule has 0 radical (unpaired) electrons. The molecule has 8 nitrogen and oxygen atoms in total. The molecule has 18 heavy (non-hydrogen) atoms. The number of aromatic amines is 1. The van der Waals surface area contributed by atoms with Gasteiger partial charge < -0.3 is 15.8 Å². The number of aromatic nitrogens is 4. The number of nitrogens with one attached hydrogen (secondary N) is 2. The van der Waals surface area contributed by atoms with E-state index < -0.39 is 5.97 Å². The summed E-state index contributed by atoms with van der Waals surface area (Å²) in [6.07, 6.45) is 1.62. The Bertz CT molecular complexity index is 536.